The van der Waals surface area contributed by atoms with Crippen LogP contribution in [0.3, 0.4) is 0 Å². The molecule has 1 N–H and O–H groups in total. The minimum absolute atomic E-state index is 0.201. The van der Waals surface area contributed by atoms with Gasteiger partial charge in [0.2, 0.25) is 0 Å². The number of hydrogen-bond donors (Lipinski definition) is 1. The molecule has 1 atom stereocenters. The molecule has 0 amide bonds. The van der Waals surface area contributed by atoms with Gasteiger partial charge >= 0.3 is 0 Å². The quantitative estimate of drug-likeness (QED) is 0.794. The highest BCUT2D eigenvalue weighted by molar-refractivity contribution is 5.81. The molecule has 0 bridgehead atoms. The largest absolute Gasteiger partial charge is 0.491 e. The van der Waals surface area contributed by atoms with E-state index in [0.29, 0.717) is 17.9 Å². The fourth-order valence-corrected chi connectivity index (χ4v) is 2.26. The number of benzene rings is 2. The predicted octanol–water partition coefficient (Wildman–Crippen LogP) is 3.02. The van der Waals surface area contributed by atoms with Crippen molar-refractivity contribution in [1.29, 1.82) is 0 Å². The van der Waals surface area contributed by atoms with E-state index in [1.165, 1.54) is 5.56 Å². The Bertz CT molecular complexity index is 581. The van der Waals surface area contributed by atoms with Gasteiger partial charge in [-0.25, -0.2) is 0 Å². The number of carbonyl (C=O) groups excluding carboxylic acids is 1. The van der Waals surface area contributed by atoms with Crippen LogP contribution in [0.25, 0.3) is 0 Å². The van der Waals surface area contributed by atoms with Gasteiger partial charge in [-0.2, -0.15) is 0 Å². The first-order valence-corrected chi connectivity index (χ1v) is 7.13. The lowest BCUT2D eigenvalue weighted by Crippen LogP contribution is -2.33. The molecule has 0 heterocycles. The highest BCUT2D eigenvalue weighted by Gasteiger charge is 2.11. The number of ether oxygens (including phenoxy) is 1. The molecule has 2 rings (SSSR count). The Morgan fingerprint density at radius 2 is 1.90 bits per heavy atom. The zero-order chi connectivity index (χ0) is 15.1. The zero-order valence-electron chi connectivity index (χ0n) is 12.5. The molecule has 0 aliphatic rings. The lowest BCUT2D eigenvalue weighted by molar-refractivity contribution is 0.111. The summed E-state index contributed by atoms with van der Waals surface area (Å²) in [5.74, 6) is 0.651. The Morgan fingerprint density at radius 3 is 2.57 bits per heavy atom. The molecule has 0 aliphatic heterocycles. The van der Waals surface area contributed by atoms with Gasteiger partial charge in [-0.15, -0.1) is 0 Å². The minimum Gasteiger partial charge on any atom is -0.491 e. The van der Waals surface area contributed by atoms with Crippen molar-refractivity contribution in [3.05, 3.63) is 65.2 Å². The molecule has 2 aromatic rings. The highest BCUT2D eigenvalue weighted by atomic mass is 16.5. The number of likely N-dealkylation sites (N-methyl/N-ethyl adjacent to an activating group) is 1. The van der Waals surface area contributed by atoms with Gasteiger partial charge in [0.25, 0.3) is 0 Å². The molecule has 0 fully saturated rings. The lowest BCUT2D eigenvalue weighted by atomic mass is 10.1. The van der Waals surface area contributed by atoms with Crippen LogP contribution in [0.1, 0.15) is 21.5 Å². The van der Waals surface area contributed by atoms with Crippen molar-refractivity contribution in [2.24, 2.45) is 0 Å². The molecule has 3 heteroatoms. The summed E-state index contributed by atoms with van der Waals surface area (Å²) >= 11 is 0. The van der Waals surface area contributed by atoms with Gasteiger partial charge in [-0.3, -0.25) is 4.79 Å². The molecule has 110 valence electrons. The fraction of sp³-hybridized carbons (Fsp3) is 0.278. The van der Waals surface area contributed by atoms with Crippen LogP contribution < -0.4 is 10.1 Å². The SMILES string of the molecule is CNC(COc1cccc(C)c1C=O)Cc1ccccc1. The summed E-state index contributed by atoms with van der Waals surface area (Å²) in [5, 5.41) is 3.26. The predicted molar refractivity (Wildman–Crippen MR) is 85.1 cm³/mol. The molecule has 2 aromatic carbocycles. The average molecular weight is 283 g/mol. The van der Waals surface area contributed by atoms with E-state index in [9.17, 15) is 4.79 Å². The van der Waals surface area contributed by atoms with E-state index in [0.717, 1.165) is 18.3 Å². The summed E-state index contributed by atoms with van der Waals surface area (Å²) in [5.41, 5.74) is 2.83. The number of carbonyl (C=O) groups is 1. The summed E-state index contributed by atoms with van der Waals surface area (Å²) < 4.78 is 5.84. The maximum absolute atomic E-state index is 11.2. The van der Waals surface area contributed by atoms with Gasteiger partial charge in [0.15, 0.2) is 6.29 Å². The Balaban J connectivity index is 2.00. The van der Waals surface area contributed by atoms with Crippen LogP contribution in [-0.2, 0) is 6.42 Å². The second kappa shape index (κ2) is 7.60. The molecule has 0 aliphatic carbocycles. The van der Waals surface area contributed by atoms with Crippen molar-refractivity contribution in [3.8, 4) is 5.75 Å². The van der Waals surface area contributed by atoms with Crippen LogP contribution in [0.2, 0.25) is 0 Å². The van der Waals surface area contributed by atoms with Crippen LogP contribution in [0.5, 0.6) is 5.75 Å². The molecule has 1 unspecified atom stereocenters. The molecule has 0 saturated carbocycles. The van der Waals surface area contributed by atoms with Crippen molar-refractivity contribution < 1.29 is 9.53 Å². The van der Waals surface area contributed by atoms with Gasteiger partial charge in [-0.1, -0.05) is 42.5 Å². The van der Waals surface area contributed by atoms with E-state index >= 15 is 0 Å². The maximum atomic E-state index is 11.2. The molecular formula is C18H21NO2. The number of aldehydes is 1. The van der Waals surface area contributed by atoms with Crippen molar-refractivity contribution in [1.82, 2.24) is 5.32 Å². The molecule has 21 heavy (non-hydrogen) atoms. The van der Waals surface area contributed by atoms with Crippen LogP contribution in [0, 0.1) is 6.92 Å². The summed E-state index contributed by atoms with van der Waals surface area (Å²) in [7, 11) is 1.92. The van der Waals surface area contributed by atoms with Gasteiger partial charge in [-0.05, 0) is 37.6 Å². The highest BCUT2D eigenvalue weighted by Crippen LogP contribution is 2.20. The van der Waals surface area contributed by atoms with Gasteiger partial charge < -0.3 is 10.1 Å². The van der Waals surface area contributed by atoms with Crippen LogP contribution in [-0.4, -0.2) is 26.0 Å². The molecule has 3 nitrogen and oxygen atoms in total. The molecular weight excluding hydrogens is 262 g/mol. The number of hydrogen-bond acceptors (Lipinski definition) is 3. The first kappa shape index (κ1) is 15.3. The number of rotatable bonds is 7. The van der Waals surface area contributed by atoms with E-state index in [2.05, 4.69) is 17.4 Å². The standard InChI is InChI=1S/C18H21NO2/c1-14-7-6-10-18(17(14)12-20)21-13-16(19-2)11-15-8-4-3-5-9-15/h3-10,12,16,19H,11,13H2,1-2H3. The van der Waals surface area contributed by atoms with E-state index in [1.54, 1.807) is 0 Å². The summed E-state index contributed by atoms with van der Waals surface area (Å²) in [6.45, 7) is 2.44. The number of nitrogens with one attached hydrogen (secondary N) is 1. The smallest absolute Gasteiger partial charge is 0.154 e. The van der Waals surface area contributed by atoms with Crippen LogP contribution in [0.15, 0.2) is 48.5 Å². The number of aryl methyl sites for hydroxylation is 1. The summed E-state index contributed by atoms with van der Waals surface area (Å²) in [4.78, 5) is 11.2. The Morgan fingerprint density at radius 1 is 1.14 bits per heavy atom. The van der Waals surface area contributed by atoms with E-state index in [4.69, 9.17) is 4.74 Å². The van der Waals surface area contributed by atoms with E-state index in [-0.39, 0.29) is 6.04 Å². The topological polar surface area (TPSA) is 38.3 Å². The van der Waals surface area contributed by atoms with Crippen LogP contribution in [0.4, 0.5) is 0 Å². The van der Waals surface area contributed by atoms with Crippen molar-refractivity contribution in [2.75, 3.05) is 13.7 Å². The second-order valence-electron chi connectivity index (χ2n) is 5.09. The maximum Gasteiger partial charge on any atom is 0.154 e. The van der Waals surface area contributed by atoms with E-state index in [1.807, 2.05) is 50.4 Å². The van der Waals surface area contributed by atoms with Crippen molar-refractivity contribution in [3.63, 3.8) is 0 Å². The fourth-order valence-electron chi connectivity index (χ4n) is 2.26. The Hall–Kier alpha value is -2.13. The van der Waals surface area contributed by atoms with Crippen LogP contribution >= 0.6 is 0 Å². The second-order valence-corrected chi connectivity index (χ2v) is 5.09. The Kier molecular flexibility index (Phi) is 5.52. The van der Waals surface area contributed by atoms with Gasteiger partial charge in [0.05, 0.1) is 5.56 Å². The van der Waals surface area contributed by atoms with E-state index < -0.39 is 0 Å². The summed E-state index contributed by atoms with van der Waals surface area (Å²) in [6.07, 6.45) is 1.75. The normalized spacial score (nSPS) is 11.9. The van der Waals surface area contributed by atoms with Crippen molar-refractivity contribution >= 4 is 6.29 Å². The third kappa shape index (κ3) is 4.17. The van der Waals surface area contributed by atoms with Gasteiger partial charge in [0, 0.05) is 6.04 Å². The first-order chi connectivity index (χ1) is 10.2. The van der Waals surface area contributed by atoms with Gasteiger partial charge in [0.1, 0.15) is 12.4 Å². The van der Waals surface area contributed by atoms with Crippen molar-refractivity contribution in [2.45, 2.75) is 19.4 Å². The molecule has 0 radical (unpaired) electrons. The minimum atomic E-state index is 0.201. The monoisotopic (exact) mass is 283 g/mol. The average Bonchev–Trinajstić information content (AvgIpc) is 2.52. The Labute approximate surface area is 126 Å². The molecule has 0 spiro atoms. The molecule has 0 saturated heterocycles. The molecule has 0 aromatic heterocycles. The first-order valence-electron chi connectivity index (χ1n) is 7.13. The third-order valence-corrected chi connectivity index (χ3v) is 3.58. The zero-order valence-corrected chi connectivity index (χ0v) is 12.5. The third-order valence-electron chi connectivity index (χ3n) is 3.58. The lowest BCUT2D eigenvalue weighted by Gasteiger charge is -2.18. The summed E-state index contributed by atoms with van der Waals surface area (Å²) in [6, 6.07) is 16.2.